The number of hydrogen-bond acceptors (Lipinski definition) is 11. The predicted octanol–water partition coefficient (Wildman–Crippen LogP) is -0.150. The Morgan fingerprint density at radius 2 is 1.94 bits per heavy atom. The number of nitrogens with zero attached hydrogens (tertiary/aromatic N) is 3. The lowest BCUT2D eigenvalue weighted by molar-refractivity contribution is -0.147. The number of amides is 1. The number of unbranched alkanes of at least 4 members (excludes halogenated alkanes) is 1. The Morgan fingerprint density at radius 1 is 1.18 bits per heavy atom. The molecule has 182 valence electrons. The van der Waals surface area contributed by atoms with Crippen LogP contribution >= 0.6 is 0 Å². The van der Waals surface area contributed by atoms with Crippen LogP contribution in [0, 0.1) is 5.92 Å². The van der Waals surface area contributed by atoms with Gasteiger partial charge in [0.25, 0.3) is 5.91 Å². The molecule has 4 N–H and O–H groups in total. The van der Waals surface area contributed by atoms with Gasteiger partial charge in [0.05, 0.1) is 6.61 Å². The lowest BCUT2D eigenvalue weighted by Crippen LogP contribution is -2.65. The standard InChI is InChI=1S/C21H32N6O6/c1-13(2)16(22)20(31)32-10-5-4-9-25-21(11-33-15(29)8-6-7-14(3)28)26-18-17(19(30)27-21)23-12-24-18/h12-13,16,25H,4-11,22H2,1-3H3,(H,27,30)/t16-,21?/m0/s1. The number of fused-ring (bicyclic) bond motifs is 1. The van der Waals surface area contributed by atoms with E-state index in [1.807, 2.05) is 13.8 Å². The number of rotatable bonds is 14. The Balaban J connectivity index is 1.88. The van der Waals surface area contributed by atoms with E-state index in [1.165, 1.54) is 13.3 Å². The number of ketones is 1. The summed E-state index contributed by atoms with van der Waals surface area (Å²) >= 11 is 0. The Bertz CT molecular complexity index is 852. The molecule has 0 fully saturated rings. The minimum absolute atomic E-state index is 0.00494. The van der Waals surface area contributed by atoms with Crippen LogP contribution in [0.5, 0.6) is 0 Å². The number of nitrogens with one attached hydrogen (secondary N) is 2. The lowest BCUT2D eigenvalue weighted by atomic mass is 10.1. The summed E-state index contributed by atoms with van der Waals surface area (Å²) in [6, 6.07) is -0.660. The van der Waals surface area contributed by atoms with Gasteiger partial charge in [-0.1, -0.05) is 13.8 Å². The molecule has 0 aromatic carbocycles. The van der Waals surface area contributed by atoms with E-state index < -0.39 is 29.7 Å². The maximum atomic E-state index is 12.4. The van der Waals surface area contributed by atoms with Crippen LogP contribution in [0.25, 0.3) is 0 Å². The summed E-state index contributed by atoms with van der Waals surface area (Å²) in [7, 11) is 0. The third kappa shape index (κ3) is 8.13. The van der Waals surface area contributed by atoms with Gasteiger partial charge in [0.15, 0.2) is 11.5 Å². The van der Waals surface area contributed by atoms with Gasteiger partial charge in [0, 0.05) is 12.8 Å². The molecular weight excluding hydrogens is 432 g/mol. The van der Waals surface area contributed by atoms with Gasteiger partial charge in [0.2, 0.25) is 5.79 Å². The second-order valence-electron chi connectivity index (χ2n) is 8.26. The average Bonchev–Trinajstić information content (AvgIpc) is 3.22. The molecule has 0 radical (unpaired) electrons. The van der Waals surface area contributed by atoms with Crippen molar-refractivity contribution in [1.82, 2.24) is 10.6 Å². The number of Topliss-reactive ketones (excluding diaryl/α,β-unsaturated/α-hetero) is 1. The first-order valence-corrected chi connectivity index (χ1v) is 11.0. The average molecular weight is 465 g/mol. The van der Waals surface area contributed by atoms with Crippen LogP contribution in [-0.2, 0) is 28.7 Å². The summed E-state index contributed by atoms with van der Waals surface area (Å²) in [5.74, 6) is -2.71. The van der Waals surface area contributed by atoms with Crippen molar-refractivity contribution in [2.24, 2.45) is 26.6 Å². The molecule has 0 aromatic heterocycles. The molecular formula is C21H32N6O6. The second kappa shape index (κ2) is 12.3. The van der Waals surface area contributed by atoms with Crippen LogP contribution in [0.1, 0.15) is 52.9 Å². The molecule has 1 unspecified atom stereocenters. The van der Waals surface area contributed by atoms with Crippen LogP contribution in [0.3, 0.4) is 0 Å². The monoisotopic (exact) mass is 464 g/mol. The number of ether oxygens (including phenoxy) is 2. The second-order valence-corrected chi connectivity index (χ2v) is 8.26. The zero-order valence-corrected chi connectivity index (χ0v) is 19.3. The van der Waals surface area contributed by atoms with Gasteiger partial charge in [-0.25, -0.2) is 15.0 Å². The fourth-order valence-electron chi connectivity index (χ4n) is 2.96. The van der Waals surface area contributed by atoms with Crippen molar-refractivity contribution >= 4 is 41.5 Å². The molecule has 2 aliphatic heterocycles. The van der Waals surface area contributed by atoms with E-state index in [0.717, 1.165) is 0 Å². The highest BCUT2D eigenvalue weighted by Crippen LogP contribution is 2.15. The van der Waals surface area contributed by atoms with E-state index in [4.69, 9.17) is 15.2 Å². The van der Waals surface area contributed by atoms with Gasteiger partial charge in [-0.15, -0.1) is 0 Å². The number of nitrogens with two attached hydrogens (primary N) is 1. The summed E-state index contributed by atoms with van der Waals surface area (Å²) < 4.78 is 10.5. The molecule has 2 aliphatic rings. The SMILES string of the molecule is CC(=O)CCCC(=O)OCC1(NCCCCOC(=O)[C@@H](N)C(C)C)N=C2N=CN=C2C(=O)N1. The molecule has 12 nitrogen and oxygen atoms in total. The molecule has 2 atom stereocenters. The van der Waals surface area contributed by atoms with Crippen LogP contribution < -0.4 is 16.4 Å². The number of amidine groups is 1. The van der Waals surface area contributed by atoms with Gasteiger partial charge in [-0.2, -0.15) is 0 Å². The molecule has 33 heavy (non-hydrogen) atoms. The van der Waals surface area contributed by atoms with Crippen molar-refractivity contribution in [3.63, 3.8) is 0 Å². The van der Waals surface area contributed by atoms with Crippen molar-refractivity contribution in [1.29, 1.82) is 0 Å². The highest BCUT2D eigenvalue weighted by atomic mass is 16.5. The van der Waals surface area contributed by atoms with Crippen molar-refractivity contribution in [2.45, 2.75) is 64.7 Å². The first-order valence-electron chi connectivity index (χ1n) is 11.0. The third-order valence-electron chi connectivity index (χ3n) is 4.99. The minimum atomic E-state index is -1.40. The van der Waals surface area contributed by atoms with Crippen molar-refractivity contribution in [3.05, 3.63) is 0 Å². The molecule has 0 saturated heterocycles. The van der Waals surface area contributed by atoms with E-state index in [9.17, 15) is 19.2 Å². The molecule has 0 aromatic rings. The first kappa shape index (κ1) is 26.3. The van der Waals surface area contributed by atoms with E-state index in [0.29, 0.717) is 32.2 Å². The molecule has 0 spiro atoms. The number of hydrogen-bond donors (Lipinski definition) is 3. The molecule has 0 aliphatic carbocycles. The van der Waals surface area contributed by atoms with Gasteiger partial charge in [-0.3, -0.25) is 19.7 Å². The van der Waals surface area contributed by atoms with Gasteiger partial charge in [-0.05, 0) is 38.6 Å². The predicted molar refractivity (Wildman–Crippen MR) is 121 cm³/mol. The number of carbonyl (C=O) groups excluding carboxylic acids is 4. The molecule has 0 bridgehead atoms. The van der Waals surface area contributed by atoms with Gasteiger partial charge >= 0.3 is 11.9 Å². The minimum Gasteiger partial charge on any atom is -0.465 e. The maximum Gasteiger partial charge on any atom is 0.323 e. The summed E-state index contributed by atoms with van der Waals surface area (Å²) in [5, 5.41) is 5.78. The van der Waals surface area contributed by atoms with E-state index in [1.54, 1.807) is 0 Å². The molecule has 0 saturated carbocycles. The quantitative estimate of drug-likeness (QED) is 0.235. The summed E-state index contributed by atoms with van der Waals surface area (Å²) in [4.78, 5) is 59.6. The zero-order chi connectivity index (χ0) is 24.4. The number of aliphatic imine (C=N–C) groups is 3. The van der Waals surface area contributed by atoms with Crippen LogP contribution in [0.15, 0.2) is 15.0 Å². The van der Waals surface area contributed by atoms with Crippen LogP contribution in [-0.4, -0.2) is 73.1 Å². The fourth-order valence-corrected chi connectivity index (χ4v) is 2.96. The van der Waals surface area contributed by atoms with Crippen LogP contribution in [0.2, 0.25) is 0 Å². The number of esters is 2. The van der Waals surface area contributed by atoms with E-state index >= 15 is 0 Å². The molecule has 1 amide bonds. The Hall–Kier alpha value is -2.99. The number of carbonyl (C=O) groups is 4. The lowest BCUT2D eigenvalue weighted by Gasteiger charge is -2.34. The fraction of sp³-hybridized carbons (Fsp3) is 0.667. The summed E-state index contributed by atoms with van der Waals surface area (Å²) in [6.45, 7) is 5.47. The maximum absolute atomic E-state index is 12.4. The zero-order valence-electron chi connectivity index (χ0n) is 19.3. The molecule has 2 heterocycles. The van der Waals surface area contributed by atoms with E-state index in [-0.39, 0.29) is 42.9 Å². The van der Waals surface area contributed by atoms with Crippen molar-refractivity contribution < 1.29 is 28.7 Å². The van der Waals surface area contributed by atoms with Crippen molar-refractivity contribution in [3.8, 4) is 0 Å². The Kier molecular flexibility index (Phi) is 9.79. The molecule has 12 heteroatoms. The first-order chi connectivity index (χ1) is 15.6. The highest BCUT2D eigenvalue weighted by Gasteiger charge is 2.41. The smallest absolute Gasteiger partial charge is 0.323 e. The normalized spacial score (nSPS) is 20.0. The summed E-state index contributed by atoms with van der Waals surface area (Å²) in [5.41, 5.74) is 5.84. The van der Waals surface area contributed by atoms with Crippen LogP contribution in [0.4, 0.5) is 0 Å². The van der Waals surface area contributed by atoms with Crippen molar-refractivity contribution in [2.75, 3.05) is 19.8 Å². The largest absolute Gasteiger partial charge is 0.465 e. The summed E-state index contributed by atoms with van der Waals surface area (Å²) in [6.07, 6.45) is 3.13. The highest BCUT2D eigenvalue weighted by molar-refractivity contribution is 6.69. The van der Waals surface area contributed by atoms with Gasteiger partial charge < -0.3 is 25.3 Å². The Labute approximate surface area is 192 Å². The molecule has 2 rings (SSSR count). The third-order valence-corrected chi connectivity index (χ3v) is 4.99. The topological polar surface area (TPSA) is 174 Å². The van der Waals surface area contributed by atoms with E-state index in [2.05, 4.69) is 25.6 Å². The Morgan fingerprint density at radius 3 is 2.64 bits per heavy atom. The van der Waals surface area contributed by atoms with Gasteiger partial charge in [0.1, 0.15) is 24.8 Å².